The van der Waals surface area contributed by atoms with Gasteiger partial charge in [0.2, 0.25) is 0 Å². The van der Waals surface area contributed by atoms with Gasteiger partial charge < -0.3 is 9.47 Å². The van der Waals surface area contributed by atoms with Crippen LogP contribution < -0.4 is 5.43 Å². The molecule has 0 fully saturated rings. The number of fused-ring (bicyclic) bond motifs is 1. The second-order valence-corrected chi connectivity index (χ2v) is 5.09. The van der Waals surface area contributed by atoms with Gasteiger partial charge in [0, 0.05) is 30.7 Å². The number of pyridine rings is 1. The molecule has 0 saturated heterocycles. The van der Waals surface area contributed by atoms with Gasteiger partial charge in [-0.15, -0.1) is 0 Å². The molecule has 0 aliphatic carbocycles. The number of aryl methyl sites for hydroxylation is 1. The van der Waals surface area contributed by atoms with Gasteiger partial charge in [0.15, 0.2) is 5.43 Å². The highest BCUT2D eigenvalue weighted by Crippen LogP contribution is 2.14. The van der Waals surface area contributed by atoms with Crippen LogP contribution in [0.15, 0.2) is 35.3 Å². The molecule has 3 nitrogen and oxygen atoms in total. The van der Waals surface area contributed by atoms with E-state index in [-0.39, 0.29) is 5.43 Å². The Kier molecular flexibility index (Phi) is 4.96. The van der Waals surface area contributed by atoms with Crippen molar-refractivity contribution in [2.45, 2.75) is 33.7 Å². The molecule has 0 amide bonds. The Labute approximate surface area is 120 Å². The number of hydrogen-bond acceptors (Lipinski definition) is 2. The summed E-state index contributed by atoms with van der Waals surface area (Å²) in [5.41, 5.74) is 2.47. The van der Waals surface area contributed by atoms with Crippen molar-refractivity contribution >= 4 is 10.9 Å². The highest BCUT2D eigenvalue weighted by atomic mass is 16.1. The summed E-state index contributed by atoms with van der Waals surface area (Å²) < 4.78 is 2.14. The van der Waals surface area contributed by atoms with E-state index in [1.165, 1.54) is 5.56 Å². The van der Waals surface area contributed by atoms with E-state index in [0.29, 0.717) is 0 Å². The van der Waals surface area contributed by atoms with Crippen LogP contribution in [-0.2, 0) is 13.0 Å². The molecule has 0 saturated carbocycles. The number of aromatic nitrogens is 1. The van der Waals surface area contributed by atoms with Gasteiger partial charge in [0.25, 0.3) is 0 Å². The van der Waals surface area contributed by atoms with Gasteiger partial charge in [-0.1, -0.05) is 19.9 Å². The lowest BCUT2D eigenvalue weighted by Crippen LogP contribution is -2.25. The van der Waals surface area contributed by atoms with Crippen LogP contribution in [0.25, 0.3) is 10.9 Å². The Balaban J connectivity index is 2.31. The van der Waals surface area contributed by atoms with Crippen LogP contribution in [0.1, 0.15) is 26.3 Å². The molecule has 0 unspecified atom stereocenters. The van der Waals surface area contributed by atoms with Gasteiger partial charge in [-0.05, 0) is 44.1 Å². The number of rotatable bonds is 6. The highest BCUT2D eigenvalue weighted by Gasteiger charge is 2.05. The summed E-state index contributed by atoms with van der Waals surface area (Å²) in [7, 11) is 0. The third-order valence-electron chi connectivity index (χ3n) is 3.99. The Morgan fingerprint density at radius 3 is 2.50 bits per heavy atom. The van der Waals surface area contributed by atoms with Crippen molar-refractivity contribution in [2.24, 2.45) is 0 Å². The Morgan fingerprint density at radius 2 is 1.85 bits per heavy atom. The van der Waals surface area contributed by atoms with E-state index in [1.54, 1.807) is 6.07 Å². The zero-order chi connectivity index (χ0) is 14.5. The molecule has 2 aromatic rings. The summed E-state index contributed by atoms with van der Waals surface area (Å²) >= 11 is 0. The van der Waals surface area contributed by atoms with Crippen molar-refractivity contribution < 1.29 is 0 Å². The Bertz CT molecular complexity index is 626. The summed E-state index contributed by atoms with van der Waals surface area (Å²) in [4.78, 5) is 14.3. The summed E-state index contributed by atoms with van der Waals surface area (Å²) in [6.07, 6.45) is 2.92. The molecule has 0 atom stereocenters. The topological polar surface area (TPSA) is 25.2 Å². The average Bonchev–Trinajstić information content (AvgIpc) is 2.48. The fourth-order valence-electron chi connectivity index (χ4n) is 2.61. The molecule has 0 bridgehead atoms. The standard InChI is InChI=1S/C17H24N2O/c1-4-18(5-2)11-9-14-7-8-15-16(13-14)19(6-3)12-10-17(15)20/h7-8,10,12-13H,4-6,9,11H2,1-3H3. The van der Waals surface area contributed by atoms with Crippen LogP contribution in [0.3, 0.4) is 0 Å². The SMILES string of the molecule is CCN(CC)CCc1ccc2c(=O)ccn(CC)c2c1. The van der Waals surface area contributed by atoms with Crippen molar-refractivity contribution in [3.05, 3.63) is 46.2 Å². The second kappa shape index (κ2) is 6.71. The van der Waals surface area contributed by atoms with E-state index in [4.69, 9.17) is 0 Å². The van der Waals surface area contributed by atoms with E-state index in [9.17, 15) is 4.79 Å². The fraction of sp³-hybridized carbons (Fsp3) is 0.471. The first-order valence-electron chi connectivity index (χ1n) is 7.54. The van der Waals surface area contributed by atoms with Crippen molar-refractivity contribution in [3.8, 4) is 0 Å². The third kappa shape index (κ3) is 3.10. The molecule has 0 N–H and O–H groups in total. The first-order chi connectivity index (χ1) is 9.69. The minimum absolute atomic E-state index is 0.111. The number of likely N-dealkylation sites (N-methyl/N-ethyl adjacent to an activating group) is 1. The summed E-state index contributed by atoms with van der Waals surface area (Å²) in [5.74, 6) is 0. The van der Waals surface area contributed by atoms with E-state index in [0.717, 1.165) is 43.5 Å². The monoisotopic (exact) mass is 272 g/mol. The quantitative estimate of drug-likeness (QED) is 0.808. The molecule has 1 aromatic carbocycles. The van der Waals surface area contributed by atoms with E-state index >= 15 is 0 Å². The molecule has 1 aromatic heterocycles. The molecule has 1 heterocycles. The molecule has 20 heavy (non-hydrogen) atoms. The zero-order valence-electron chi connectivity index (χ0n) is 12.7. The average molecular weight is 272 g/mol. The number of nitrogens with zero attached hydrogens (tertiary/aromatic N) is 2. The van der Waals surface area contributed by atoms with Crippen molar-refractivity contribution in [2.75, 3.05) is 19.6 Å². The van der Waals surface area contributed by atoms with Crippen molar-refractivity contribution in [3.63, 3.8) is 0 Å². The predicted molar refractivity (Wildman–Crippen MR) is 85.4 cm³/mol. The molecule has 0 radical (unpaired) electrons. The van der Waals surface area contributed by atoms with Gasteiger partial charge in [-0.2, -0.15) is 0 Å². The van der Waals surface area contributed by atoms with Crippen LogP contribution in [0.4, 0.5) is 0 Å². The minimum Gasteiger partial charge on any atom is -0.348 e. The maximum absolute atomic E-state index is 11.9. The van der Waals surface area contributed by atoms with Crippen LogP contribution >= 0.6 is 0 Å². The van der Waals surface area contributed by atoms with E-state index in [1.807, 2.05) is 12.3 Å². The van der Waals surface area contributed by atoms with Crippen LogP contribution in [-0.4, -0.2) is 29.1 Å². The number of benzene rings is 1. The van der Waals surface area contributed by atoms with Gasteiger partial charge in [0.05, 0.1) is 5.52 Å². The lowest BCUT2D eigenvalue weighted by Gasteiger charge is -2.18. The largest absolute Gasteiger partial charge is 0.348 e. The molecule has 0 spiro atoms. The van der Waals surface area contributed by atoms with Crippen molar-refractivity contribution in [1.29, 1.82) is 0 Å². The summed E-state index contributed by atoms with van der Waals surface area (Å²) in [6.45, 7) is 10.6. The molecule has 3 heteroatoms. The molecule has 0 aliphatic heterocycles. The van der Waals surface area contributed by atoms with E-state index in [2.05, 4.69) is 42.4 Å². The first-order valence-corrected chi connectivity index (χ1v) is 7.54. The third-order valence-corrected chi connectivity index (χ3v) is 3.99. The molecule has 2 rings (SSSR count). The maximum Gasteiger partial charge on any atom is 0.189 e. The maximum atomic E-state index is 11.9. The van der Waals surface area contributed by atoms with Crippen LogP contribution in [0.5, 0.6) is 0 Å². The van der Waals surface area contributed by atoms with Crippen molar-refractivity contribution in [1.82, 2.24) is 9.47 Å². The second-order valence-electron chi connectivity index (χ2n) is 5.09. The summed E-state index contributed by atoms with van der Waals surface area (Å²) in [5, 5.41) is 0.820. The predicted octanol–water partition coefficient (Wildman–Crippen LogP) is 2.91. The summed E-state index contributed by atoms with van der Waals surface area (Å²) in [6, 6.07) is 7.89. The lowest BCUT2D eigenvalue weighted by atomic mass is 10.1. The number of hydrogen-bond donors (Lipinski definition) is 0. The molecule has 108 valence electrons. The first kappa shape index (κ1) is 14.8. The Morgan fingerprint density at radius 1 is 1.10 bits per heavy atom. The van der Waals surface area contributed by atoms with Gasteiger partial charge in [-0.3, -0.25) is 4.79 Å². The lowest BCUT2D eigenvalue weighted by molar-refractivity contribution is 0.308. The normalized spacial score (nSPS) is 11.4. The molecule has 0 aliphatic rings. The Hall–Kier alpha value is -1.61. The smallest absolute Gasteiger partial charge is 0.189 e. The zero-order valence-corrected chi connectivity index (χ0v) is 12.7. The minimum atomic E-state index is 0.111. The van der Waals surface area contributed by atoms with Gasteiger partial charge in [-0.25, -0.2) is 0 Å². The van der Waals surface area contributed by atoms with Gasteiger partial charge in [0.1, 0.15) is 0 Å². The molecular weight excluding hydrogens is 248 g/mol. The van der Waals surface area contributed by atoms with Crippen LogP contribution in [0, 0.1) is 0 Å². The molecular formula is C17H24N2O. The van der Waals surface area contributed by atoms with Crippen LogP contribution in [0.2, 0.25) is 0 Å². The fourth-order valence-corrected chi connectivity index (χ4v) is 2.61. The van der Waals surface area contributed by atoms with Gasteiger partial charge >= 0.3 is 0 Å². The van der Waals surface area contributed by atoms with E-state index < -0.39 is 0 Å². The highest BCUT2D eigenvalue weighted by molar-refractivity contribution is 5.79.